The van der Waals surface area contributed by atoms with Gasteiger partial charge >= 0.3 is 0 Å². The zero-order chi connectivity index (χ0) is 25.5. The van der Waals surface area contributed by atoms with Gasteiger partial charge in [-0.15, -0.1) is 0 Å². The van der Waals surface area contributed by atoms with Crippen molar-refractivity contribution < 1.29 is 19.2 Å². The molecule has 0 spiro atoms. The Labute approximate surface area is 233 Å². The fraction of sp³-hybridized carbons (Fsp3) is 0.0714. The molecule has 0 N–H and O–H groups in total. The van der Waals surface area contributed by atoms with Gasteiger partial charge in [0.1, 0.15) is 0 Å². The van der Waals surface area contributed by atoms with Crippen LogP contribution in [0.1, 0.15) is 52.6 Å². The monoisotopic (exact) mass is 698 g/mol. The average Bonchev–Trinajstić information content (AvgIpc) is 2.85. The van der Waals surface area contributed by atoms with Crippen LogP contribution in [-0.4, -0.2) is 23.6 Å². The molecule has 0 fully saturated rings. The molecule has 4 aromatic carbocycles. The van der Waals surface area contributed by atoms with Crippen LogP contribution < -0.4 is 9.80 Å². The van der Waals surface area contributed by atoms with E-state index in [-0.39, 0.29) is 0 Å². The summed E-state index contributed by atoms with van der Waals surface area (Å²) in [5.74, 6) is -1.92. The second-order valence-electron chi connectivity index (χ2n) is 8.83. The van der Waals surface area contributed by atoms with Crippen molar-refractivity contribution in [3.05, 3.63) is 101 Å². The van der Waals surface area contributed by atoms with Gasteiger partial charge in [-0.25, -0.2) is 9.80 Å². The fourth-order valence-corrected chi connectivity index (χ4v) is 5.55. The molecule has 4 aromatic rings. The van der Waals surface area contributed by atoms with Crippen LogP contribution in [0.25, 0.3) is 10.8 Å². The molecule has 0 unspecified atom stereocenters. The number of carbonyl (C=O) groups excluding carboxylic acids is 4. The number of hydrogen-bond acceptors (Lipinski definition) is 4. The van der Waals surface area contributed by atoms with E-state index in [0.717, 1.165) is 28.1 Å². The van der Waals surface area contributed by atoms with Gasteiger partial charge in [0.05, 0.1) is 11.4 Å². The summed E-state index contributed by atoms with van der Waals surface area (Å²) in [5, 5.41) is 0.720. The smallest absolute Gasteiger partial charge is 0.265 e. The van der Waals surface area contributed by atoms with Gasteiger partial charge in [-0.1, -0.05) is 0 Å². The highest BCUT2D eigenvalue weighted by Crippen LogP contribution is 2.40. The molecule has 0 bridgehead atoms. The van der Waals surface area contributed by atoms with Crippen LogP contribution in [0.4, 0.5) is 11.4 Å². The molecule has 36 heavy (non-hydrogen) atoms. The van der Waals surface area contributed by atoms with Crippen molar-refractivity contribution in [3.8, 4) is 0 Å². The number of rotatable bonds is 2. The minimum absolute atomic E-state index is 0.292. The van der Waals surface area contributed by atoms with Crippen molar-refractivity contribution >= 4 is 91.0 Å². The Bertz CT molecular complexity index is 1530. The Morgan fingerprint density at radius 2 is 0.806 bits per heavy atom. The van der Waals surface area contributed by atoms with Crippen molar-refractivity contribution in [2.45, 2.75) is 13.8 Å². The SMILES string of the molecule is Cc1cc(N2C(=O)c3ccc4c5c(ccc(c35)C2=O)C(=O)N(c2ccc(I)c(C)c2)C4=O)ccc1I. The predicted molar refractivity (Wildman–Crippen MR) is 154 cm³/mol. The maximum Gasteiger partial charge on any atom is 0.265 e. The third kappa shape index (κ3) is 3.20. The molecule has 2 aliphatic rings. The second-order valence-corrected chi connectivity index (χ2v) is 11.2. The van der Waals surface area contributed by atoms with Crippen LogP contribution in [0.3, 0.4) is 0 Å². The Balaban J connectivity index is 1.54. The first-order valence-corrected chi connectivity index (χ1v) is 13.2. The molecule has 0 saturated carbocycles. The van der Waals surface area contributed by atoms with Crippen LogP contribution in [0.15, 0.2) is 60.7 Å². The van der Waals surface area contributed by atoms with E-state index in [1.54, 1.807) is 48.5 Å². The first-order valence-electron chi connectivity index (χ1n) is 11.1. The third-order valence-corrected chi connectivity index (χ3v) is 9.11. The number of benzene rings is 4. The molecule has 0 atom stereocenters. The summed E-state index contributed by atoms with van der Waals surface area (Å²) >= 11 is 4.40. The first kappa shape index (κ1) is 23.3. The predicted octanol–water partition coefficient (Wildman–Crippen LogP) is 6.27. The molecule has 4 amide bonds. The van der Waals surface area contributed by atoms with E-state index in [4.69, 9.17) is 0 Å². The summed E-state index contributed by atoms with van der Waals surface area (Å²) in [7, 11) is 0. The standard InChI is InChI=1S/C28H16I2N2O4/c1-13-11-15(3-9-21(13)29)31-25(33)17-5-7-19-24-20(8-6-18(23(17)24)26(31)34)28(36)32(27(19)35)16-4-10-22(30)14(2)12-16/h3-12H,1-2H3. The van der Waals surface area contributed by atoms with Gasteiger partial charge in [0, 0.05) is 40.2 Å². The molecule has 176 valence electrons. The molecule has 2 heterocycles. The van der Waals surface area contributed by atoms with E-state index >= 15 is 0 Å². The van der Waals surface area contributed by atoms with Crippen molar-refractivity contribution in [2.24, 2.45) is 0 Å². The van der Waals surface area contributed by atoms with Gasteiger partial charge in [-0.05, 0) is 131 Å². The van der Waals surface area contributed by atoms with Crippen molar-refractivity contribution in [2.75, 3.05) is 9.80 Å². The largest absolute Gasteiger partial charge is 0.268 e. The highest BCUT2D eigenvalue weighted by molar-refractivity contribution is 14.1. The Morgan fingerprint density at radius 1 is 0.500 bits per heavy atom. The van der Waals surface area contributed by atoms with Gasteiger partial charge in [0.15, 0.2) is 0 Å². The van der Waals surface area contributed by atoms with E-state index in [9.17, 15) is 19.2 Å². The lowest BCUT2D eigenvalue weighted by Crippen LogP contribution is -2.43. The number of hydrogen-bond donors (Lipinski definition) is 0. The van der Waals surface area contributed by atoms with E-state index < -0.39 is 23.6 Å². The van der Waals surface area contributed by atoms with Crippen LogP contribution in [0.2, 0.25) is 0 Å². The van der Waals surface area contributed by atoms with E-state index in [0.29, 0.717) is 44.4 Å². The lowest BCUT2D eigenvalue weighted by Gasteiger charge is -2.32. The Morgan fingerprint density at radius 3 is 1.08 bits per heavy atom. The van der Waals surface area contributed by atoms with Gasteiger partial charge < -0.3 is 0 Å². The molecule has 6 rings (SSSR count). The normalized spacial score (nSPS) is 14.8. The summed E-state index contributed by atoms with van der Waals surface area (Å²) in [4.78, 5) is 56.6. The molecule has 0 saturated heterocycles. The van der Waals surface area contributed by atoms with Crippen LogP contribution in [0.5, 0.6) is 0 Å². The maximum absolute atomic E-state index is 13.6. The quantitative estimate of drug-likeness (QED) is 0.183. The molecular weight excluding hydrogens is 682 g/mol. The highest BCUT2D eigenvalue weighted by atomic mass is 127. The third-order valence-electron chi connectivity index (χ3n) is 6.69. The van der Waals surface area contributed by atoms with E-state index in [1.165, 1.54) is 0 Å². The van der Waals surface area contributed by atoms with E-state index in [2.05, 4.69) is 45.2 Å². The number of amides is 4. The molecule has 8 heteroatoms. The topological polar surface area (TPSA) is 74.8 Å². The minimum atomic E-state index is -0.479. The number of aryl methyl sites for hydroxylation is 2. The van der Waals surface area contributed by atoms with Gasteiger partial charge in [0.2, 0.25) is 0 Å². The zero-order valence-electron chi connectivity index (χ0n) is 19.1. The molecular formula is C28H16I2N2O4. The van der Waals surface area contributed by atoms with Crippen LogP contribution >= 0.6 is 45.2 Å². The van der Waals surface area contributed by atoms with Crippen LogP contribution in [-0.2, 0) is 0 Å². The average molecular weight is 698 g/mol. The van der Waals surface area contributed by atoms with Gasteiger partial charge in [-0.3, -0.25) is 19.2 Å². The number of carbonyl (C=O) groups is 4. The lowest BCUT2D eigenvalue weighted by molar-refractivity contribution is 0.0873. The number of anilines is 2. The van der Waals surface area contributed by atoms with E-state index in [1.807, 2.05) is 26.0 Å². The van der Waals surface area contributed by atoms with Gasteiger partial charge in [0.25, 0.3) is 23.6 Å². The van der Waals surface area contributed by atoms with Crippen LogP contribution in [0, 0.1) is 21.0 Å². The lowest BCUT2D eigenvalue weighted by atomic mass is 9.85. The summed E-state index contributed by atoms with van der Waals surface area (Å²) in [6.45, 7) is 3.84. The summed E-state index contributed by atoms with van der Waals surface area (Å²) in [6, 6.07) is 17.1. The summed E-state index contributed by atoms with van der Waals surface area (Å²) < 4.78 is 2.05. The highest BCUT2D eigenvalue weighted by Gasteiger charge is 2.40. The van der Waals surface area contributed by atoms with Crippen molar-refractivity contribution in [3.63, 3.8) is 0 Å². The maximum atomic E-state index is 13.6. The zero-order valence-corrected chi connectivity index (χ0v) is 23.4. The minimum Gasteiger partial charge on any atom is -0.268 e. The molecule has 0 aliphatic carbocycles. The Hall–Kier alpha value is -3.12. The second kappa shape index (κ2) is 8.20. The molecule has 0 radical (unpaired) electrons. The molecule has 2 aliphatic heterocycles. The summed E-state index contributed by atoms with van der Waals surface area (Å²) in [5.41, 5.74) is 4.03. The number of nitrogens with zero attached hydrogens (tertiary/aromatic N) is 2. The molecule has 6 nitrogen and oxygen atoms in total. The number of halogens is 2. The summed E-state index contributed by atoms with van der Waals surface area (Å²) in [6.07, 6.45) is 0. The Kier molecular flexibility index (Phi) is 5.31. The number of imide groups is 2. The van der Waals surface area contributed by atoms with Crippen molar-refractivity contribution in [1.82, 2.24) is 0 Å². The van der Waals surface area contributed by atoms with Gasteiger partial charge in [-0.2, -0.15) is 0 Å². The fourth-order valence-electron chi connectivity index (χ4n) is 4.88. The molecule has 0 aromatic heterocycles. The van der Waals surface area contributed by atoms with Crippen molar-refractivity contribution in [1.29, 1.82) is 0 Å². The first-order chi connectivity index (χ1) is 17.2.